The Hall–Kier alpha value is -4.16. The lowest BCUT2D eigenvalue weighted by Gasteiger charge is -2.11. The van der Waals surface area contributed by atoms with Crippen LogP contribution >= 0.6 is 15.9 Å². The highest BCUT2D eigenvalue weighted by Gasteiger charge is 2.06. The Morgan fingerprint density at radius 2 is 1.53 bits per heavy atom. The molecule has 6 heteroatoms. The molecular weight excluding hydrogens is 514 g/mol. The molecule has 0 heterocycles. The second kappa shape index (κ2) is 11.1. The van der Waals surface area contributed by atoms with Crippen LogP contribution in [0.15, 0.2) is 113 Å². The van der Waals surface area contributed by atoms with Crippen LogP contribution in [0.3, 0.4) is 0 Å². The minimum Gasteiger partial charge on any atom is -0.488 e. The van der Waals surface area contributed by atoms with Crippen LogP contribution in [0.5, 0.6) is 5.75 Å². The summed E-state index contributed by atoms with van der Waals surface area (Å²) in [5.41, 5.74) is 5.45. The third kappa shape index (κ3) is 5.56. The number of fused-ring (bicyclic) bond motifs is 2. The predicted molar refractivity (Wildman–Crippen MR) is 151 cm³/mol. The van der Waals surface area contributed by atoms with Gasteiger partial charge in [0.25, 0.3) is 5.91 Å². The summed E-state index contributed by atoms with van der Waals surface area (Å²) in [6.07, 6.45) is 1.61. The first-order valence-electron chi connectivity index (χ1n) is 11.6. The van der Waals surface area contributed by atoms with Gasteiger partial charge in [-0.2, -0.15) is 5.10 Å². The van der Waals surface area contributed by atoms with Crippen LogP contribution in [0.4, 0.5) is 5.69 Å². The van der Waals surface area contributed by atoms with E-state index in [2.05, 4.69) is 56.0 Å². The van der Waals surface area contributed by atoms with Crippen molar-refractivity contribution in [1.82, 2.24) is 5.43 Å². The molecule has 178 valence electrons. The molecule has 0 bridgehead atoms. The van der Waals surface area contributed by atoms with Crippen molar-refractivity contribution in [3.8, 4) is 5.75 Å². The number of carbonyl (C=O) groups is 1. The van der Waals surface area contributed by atoms with Gasteiger partial charge in [0.15, 0.2) is 0 Å². The molecule has 0 aliphatic carbocycles. The number of ether oxygens (including phenoxy) is 1. The molecule has 0 spiro atoms. The van der Waals surface area contributed by atoms with E-state index < -0.39 is 0 Å². The van der Waals surface area contributed by atoms with Crippen molar-refractivity contribution in [2.45, 2.75) is 6.61 Å². The monoisotopic (exact) mass is 537 g/mol. The number of rotatable bonds is 8. The minimum absolute atomic E-state index is 0.121. The lowest BCUT2D eigenvalue weighted by atomic mass is 10.1. The van der Waals surface area contributed by atoms with Gasteiger partial charge in [0.1, 0.15) is 12.4 Å². The van der Waals surface area contributed by atoms with Crippen LogP contribution in [-0.4, -0.2) is 18.7 Å². The van der Waals surface area contributed by atoms with Crippen molar-refractivity contribution in [2.75, 3.05) is 11.9 Å². The van der Waals surface area contributed by atoms with Gasteiger partial charge < -0.3 is 10.1 Å². The molecule has 0 atom stereocenters. The second-order valence-electron chi connectivity index (χ2n) is 8.29. The van der Waals surface area contributed by atoms with Gasteiger partial charge in [-0.25, -0.2) is 5.43 Å². The van der Waals surface area contributed by atoms with Gasteiger partial charge in [-0.1, -0.05) is 78.9 Å². The first-order valence-corrected chi connectivity index (χ1v) is 12.4. The fraction of sp³-hybridized carbons (Fsp3) is 0.0667. The molecule has 0 saturated carbocycles. The van der Waals surface area contributed by atoms with Crippen molar-refractivity contribution in [1.29, 1.82) is 0 Å². The number of amides is 1. The zero-order valence-corrected chi connectivity index (χ0v) is 21.0. The summed E-state index contributed by atoms with van der Waals surface area (Å²) in [5.74, 6) is 0.511. The fourth-order valence-electron chi connectivity index (χ4n) is 4.06. The second-order valence-corrected chi connectivity index (χ2v) is 9.14. The third-order valence-electron chi connectivity index (χ3n) is 5.85. The maximum atomic E-state index is 12.3. The first-order chi connectivity index (χ1) is 17.7. The maximum absolute atomic E-state index is 12.3. The van der Waals surface area contributed by atoms with Gasteiger partial charge in [0.05, 0.1) is 17.2 Å². The third-order valence-corrected chi connectivity index (χ3v) is 6.47. The zero-order valence-electron chi connectivity index (χ0n) is 19.4. The average Bonchev–Trinajstić information content (AvgIpc) is 2.91. The molecule has 0 fully saturated rings. The molecule has 36 heavy (non-hydrogen) atoms. The predicted octanol–water partition coefficient (Wildman–Crippen LogP) is 6.90. The highest BCUT2D eigenvalue weighted by atomic mass is 79.9. The van der Waals surface area contributed by atoms with Crippen LogP contribution in [0, 0.1) is 0 Å². The molecule has 0 radical (unpaired) electrons. The van der Waals surface area contributed by atoms with Gasteiger partial charge in [-0.3, -0.25) is 4.79 Å². The molecule has 2 N–H and O–H groups in total. The summed E-state index contributed by atoms with van der Waals surface area (Å²) in [4.78, 5) is 12.3. The van der Waals surface area contributed by atoms with E-state index in [9.17, 15) is 4.79 Å². The summed E-state index contributed by atoms with van der Waals surface area (Å²) >= 11 is 3.58. The van der Waals surface area contributed by atoms with Crippen LogP contribution in [-0.2, 0) is 11.4 Å². The Balaban J connectivity index is 1.15. The minimum atomic E-state index is -0.228. The molecule has 5 nitrogen and oxygen atoms in total. The molecule has 0 aliphatic heterocycles. The molecular formula is C30H24BrN3O2. The van der Waals surface area contributed by atoms with Crippen molar-refractivity contribution in [3.63, 3.8) is 0 Å². The number of anilines is 1. The van der Waals surface area contributed by atoms with E-state index >= 15 is 0 Å². The van der Waals surface area contributed by atoms with Crippen LogP contribution < -0.4 is 15.5 Å². The molecule has 0 aliphatic rings. The van der Waals surface area contributed by atoms with Crippen molar-refractivity contribution >= 4 is 55.3 Å². The van der Waals surface area contributed by atoms with E-state index in [1.165, 1.54) is 10.8 Å². The Morgan fingerprint density at radius 1 is 0.833 bits per heavy atom. The number of hydrogen-bond acceptors (Lipinski definition) is 4. The van der Waals surface area contributed by atoms with Crippen molar-refractivity contribution in [2.24, 2.45) is 5.10 Å². The fourth-order valence-corrected chi connectivity index (χ4v) is 4.57. The quantitative estimate of drug-likeness (QED) is 0.167. The smallest absolute Gasteiger partial charge is 0.259 e. The largest absolute Gasteiger partial charge is 0.488 e. The maximum Gasteiger partial charge on any atom is 0.259 e. The van der Waals surface area contributed by atoms with Gasteiger partial charge in [0.2, 0.25) is 0 Å². The van der Waals surface area contributed by atoms with E-state index in [0.29, 0.717) is 6.61 Å². The number of carbonyl (C=O) groups excluding carboxylic acids is 1. The molecule has 1 amide bonds. The van der Waals surface area contributed by atoms with E-state index in [1.54, 1.807) is 6.21 Å². The summed E-state index contributed by atoms with van der Waals surface area (Å²) in [6.45, 7) is 0.586. The van der Waals surface area contributed by atoms with Crippen LogP contribution in [0.1, 0.15) is 11.1 Å². The normalized spacial score (nSPS) is 11.1. The van der Waals surface area contributed by atoms with Crippen LogP contribution in [0.2, 0.25) is 0 Å². The Bertz CT molecular complexity index is 1550. The molecule has 0 saturated heterocycles. The number of hydrazone groups is 1. The zero-order chi connectivity index (χ0) is 24.7. The molecule has 5 aromatic carbocycles. The lowest BCUT2D eigenvalue weighted by Crippen LogP contribution is -2.25. The van der Waals surface area contributed by atoms with Crippen LogP contribution in [0.25, 0.3) is 21.5 Å². The van der Waals surface area contributed by atoms with E-state index in [1.807, 2.05) is 78.9 Å². The van der Waals surface area contributed by atoms with Gasteiger partial charge in [-0.15, -0.1) is 0 Å². The number of nitrogens with zero attached hydrogens (tertiary/aromatic N) is 1. The van der Waals surface area contributed by atoms with Gasteiger partial charge in [-0.05, 0) is 67.5 Å². The number of nitrogens with one attached hydrogen (secondary N) is 2. The molecule has 5 aromatic rings. The first kappa shape index (κ1) is 23.6. The number of benzene rings is 5. The Labute approximate surface area is 217 Å². The Kier molecular flexibility index (Phi) is 7.24. The number of hydrogen-bond donors (Lipinski definition) is 2. The molecule has 0 aromatic heterocycles. The average molecular weight is 538 g/mol. The van der Waals surface area contributed by atoms with Gasteiger partial charge in [0, 0.05) is 11.1 Å². The topological polar surface area (TPSA) is 62.7 Å². The highest BCUT2D eigenvalue weighted by Crippen LogP contribution is 2.28. The van der Waals surface area contributed by atoms with E-state index in [-0.39, 0.29) is 12.5 Å². The summed E-state index contributed by atoms with van der Waals surface area (Å²) in [6, 6.07) is 34.2. The molecule has 5 rings (SSSR count). The van der Waals surface area contributed by atoms with E-state index in [4.69, 9.17) is 4.74 Å². The summed E-state index contributed by atoms with van der Waals surface area (Å²) < 4.78 is 6.88. The van der Waals surface area contributed by atoms with Crippen molar-refractivity contribution in [3.05, 3.63) is 119 Å². The lowest BCUT2D eigenvalue weighted by molar-refractivity contribution is -0.119. The SMILES string of the molecule is O=C(CNc1cccc2ccccc12)N/N=C\c1ccc(OCc2cccc3ccccc23)c(Br)c1. The van der Waals surface area contributed by atoms with E-state index in [0.717, 1.165) is 37.8 Å². The number of halogens is 1. The van der Waals surface area contributed by atoms with Crippen molar-refractivity contribution < 1.29 is 9.53 Å². The summed E-state index contributed by atoms with van der Waals surface area (Å²) in [5, 5.41) is 11.8. The van der Waals surface area contributed by atoms with Gasteiger partial charge >= 0.3 is 0 Å². The summed E-state index contributed by atoms with van der Waals surface area (Å²) in [7, 11) is 0. The highest BCUT2D eigenvalue weighted by molar-refractivity contribution is 9.10. The molecule has 0 unspecified atom stereocenters. The Morgan fingerprint density at radius 3 is 2.33 bits per heavy atom. The standard InChI is InChI=1S/C30H24BrN3O2/c31-27-17-21(15-16-29(27)36-20-24-11-5-9-22-7-1-3-12-25(22)24)18-33-34-30(35)19-32-28-14-6-10-23-8-2-4-13-26(23)28/h1-18,32H,19-20H2,(H,34,35)/b33-18-.